The molecule has 4 atom stereocenters. The van der Waals surface area contributed by atoms with Crippen LogP contribution >= 0.6 is 0 Å². The molecule has 0 spiro atoms. The molecule has 6 heteroatoms. The number of unbranched alkanes of at least 4 members (excludes halogenated alkanes) is 2. The summed E-state index contributed by atoms with van der Waals surface area (Å²) in [6, 6.07) is 2.24. The summed E-state index contributed by atoms with van der Waals surface area (Å²) in [6.45, 7) is 2.59. The fourth-order valence-electron chi connectivity index (χ4n) is 4.27. The van der Waals surface area contributed by atoms with Gasteiger partial charge < -0.3 is 15.7 Å². The zero-order valence-corrected chi connectivity index (χ0v) is 15.0. The van der Waals surface area contributed by atoms with Crippen LogP contribution in [-0.2, 0) is 9.59 Å². The van der Waals surface area contributed by atoms with Crippen molar-refractivity contribution in [2.45, 2.75) is 64.3 Å². The highest BCUT2D eigenvalue weighted by atomic mass is 16.4. The van der Waals surface area contributed by atoms with Crippen LogP contribution < -0.4 is 10.6 Å². The van der Waals surface area contributed by atoms with Gasteiger partial charge in [-0.15, -0.1) is 0 Å². The number of fused-ring (bicyclic) bond motifs is 2. The minimum absolute atomic E-state index is 0.0977. The first-order valence-corrected chi connectivity index (χ1v) is 9.37. The number of rotatable bonds is 10. The first-order valence-electron chi connectivity index (χ1n) is 9.37. The Morgan fingerprint density at radius 3 is 2.68 bits per heavy atom. The molecule has 138 valence electrons. The summed E-state index contributed by atoms with van der Waals surface area (Å²) >= 11 is 0. The lowest BCUT2D eigenvalue weighted by Gasteiger charge is -2.28. The Morgan fingerprint density at radius 1 is 1.28 bits per heavy atom. The van der Waals surface area contributed by atoms with Gasteiger partial charge in [0, 0.05) is 25.2 Å². The standard InChI is InChI=1S/C19H29N3O3/c1-13(17-10-14-6-7-15(17)9-14)22-12-16(11-20)19(25)21-8-4-2-3-5-18(23)24/h12-15,17,22H,2-10H2,1H3,(H,21,25)(H,23,24)/b16-12-. The second-order valence-electron chi connectivity index (χ2n) is 7.42. The predicted molar refractivity (Wildman–Crippen MR) is 94.3 cm³/mol. The first kappa shape index (κ1) is 19.3. The molecule has 2 fully saturated rings. The molecule has 0 saturated heterocycles. The highest BCUT2D eigenvalue weighted by Gasteiger charge is 2.41. The van der Waals surface area contributed by atoms with E-state index in [1.807, 2.05) is 6.07 Å². The topological polar surface area (TPSA) is 102 Å². The van der Waals surface area contributed by atoms with Gasteiger partial charge in [-0.1, -0.05) is 12.8 Å². The quantitative estimate of drug-likeness (QED) is 0.320. The third-order valence-corrected chi connectivity index (χ3v) is 5.64. The highest BCUT2D eigenvalue weighted by Crippen LogP contribution is 2.49. The van der Waals surface area contributed by atoms with Crippen molar-refractivity contribution in [3.8, 4) is 6.07 Å². The fourth-order valence-corrected chi connectivity index (χ4v) is 4.27. The second-order valence-corrected chi connectivity index (χ2v) is 7.42. The maximum Gasteiger partial charge on any atom is 0.303 e. The van der Waals surface area contributed by atoms with E-state index in [2.05, 4.69) is 17.6 Å². The molecular formula is C19H29N3O3. The molecule has 25 heavy (non-hydrogen) atoms. The van der Waals surface area contributed by atoms with Crippen LogP contribution in [0.2, 0.25) is 0 Å². The van der Waals surface area contributed by atoms with Crippen LogP contribution in [0.5, 0.6) is 0 Å². The van der Waals surface area contributed by atoms with E-state index in [0.717, 1.165) is 18.3 Å². The Balaban J connectivity index is 1.69. The lowest BCUT2D eigenvalue weighted by atomic mass is 9.84. The molecule has 0 aromatic carbocycles. The number of hydrogen-bond acceptors (Lipinski definition) is 4. The third kappa shape index (κ3) is 5.77. The predicted octanol–water partition coefficient (Wildman–Crippen LogP) is 2.57. The Hall–Kier alpha value is -2.03. The fraction of sp³-hybridized carbons (Fsp3) is 0.737. The van der Waals surface area contributed by atoms with Crippen LogP contribution in [0.1, 0.15) is 58.3 Å². The molecule has 2 saturated carbocycles. The molecular weight excluding hydrogens is 318 g/mol. The number of carbonyl (C=O) groups excluding carboxylic acids is 1. The van der Waals surface area contributed by atoms with Crippen molar-refractivity contribution >= 4 is 11.9 Å². The molecule has 2 rings (SSSR count). The smallest absolute Gasteiger partial charge is 0.303 e. The number of carboxylic acid groups (broad SMARTS) is 1. The molecule has 0 heterocycles. The van der Waals surface area contributed by atoms with Gasteiger partial charge in [-0.05, 0) is 56.8 Å². The van der Waals surface area contributed by atoms with Crippen molar-refractivity contribution in [1.29, 1.82) is 5.26 Å². The Morgan fingerprint density at radius 2 is 2.08 bits per heavy atom. The first-order chi connectivity index (χ1) is 12.0. The van der Waals surface area contributed by atoms with Crippen molar-refractivity contribution in [2.75, 3.05) is 6.54 Å². The number of nitriles is 1. The molecule has 0 radical (unpaired) electrons. The summed E-state index contributed by atoms with van der Waals surface area (Å²) in [5, 5.41) is 23.7. The van der Waals surface area contributed by atoms with Gasteiger partial charge in [0.25, 0.3) is 5.91 Å². The molecule has 3 N–H and O–H groups in total. The molecule has 2 aliphatic carbocycles. The monoisotopic (exact) mass is 347 g/mol. The van der Waals surface area contributed by atoms with E-state index in [4.69, 9.17) is 5.11 Å². The Bertz CT molecular complexity index is 553. The molecule has 2 bridgehead atoms. The number of carbonyl (C=O) groups is 2. The zero-order valence-electron chi connectivity index (χ0n) is 15.0. The van der Waals surface area contributed by atoms with Gasteiger partial charge in [0.15, 0.2) is 0 Å². The lowest BCUT2D eigenvalue weighted by Crippen LogP contribution is -2.34. The zero-order chi connectivity index (χ0) is 18.2. The van der Waals surface area contributed by atoms with Crippen molar-refractivity contribution < 1.29 is 14.7 Å². The summed E-state index contributed by atoms with van der Waals surface area (Å²) in [6.07, 6.45) is 9.06. The molecule has 0 aromatic rings. The Labute approximate surface area is 149 Å². The summed E-state index contributed by atoms with van der Waals surface area (Å²) in [5.41, 5.74) is 0.0977. The lowest BCUT2D eigenvalue weighted by molar-refractivity contribution is -0.137. The highest BCUT2D eigenvalue weighted by molar-refractivity contribution is 5.97. The van der Waals surface area contributed by atoms with E-state index in [0.29, 0.717) is 25.3 Å². The van der Waals surface area contributed by atoms with Gasteiger partial charge in [-0.3, -0.25) is 9.59 Å². The van der Waals surface area contributed by atoms with E-state index in [-0.39, 0.29) is 23.9 Å². The van der Waals surface area contributed by atoms with E-state index in [1.165, 1.54) is 25.7 Å². The van der Waals surface area contributed by atoms with Gasteiger partial charge in [0.05, 0.1) is 0 Å². The minimum atomic E-state index is -0.797. The average molecular weight is 347 g/mol. The number of carboxylic acids is 1. The van der Waals surface area contributed by atoms with Crippen LogP contribution in [0.25, 0.3) is 0 Å². The van der Waals surface area contributed by atoms with Crippen molar-refractivity contribution in [3.05, 3.63) is 11.8 Å². The molecule has 0 aliphatic heterocycles. The number of hydrogen-bond donors (Lipinski definition) is 3. The SMILES string of the molecule is CC(N/C=C(/C#N)C(=O)NCCCCCC(=O)O)C1CC2CCC1C2. The van der Waals surface area contributed by atoms with Gasteiger partial charge >= 0.3 is 5.97 Å². The van der Waals surface area contributed by atoms with Crippen molar-refractivity contribution in [3.63, 3.8) is 0 Å². The maximum atomic E-state index is 12.0. The number of aliphatic carboxylic acids is 1. The molecule has 4 unspecified atom stereocenters. The summed E-state index contributed by atoms with van der Waals surface area (Å²) in [4.78, 5) is 22.5. The summed E-state index contributed by atoms with van der Waals surface area (Å²) in [7, 11) is 0. The molecule has 2 aliphatic rings. The van der Waals surface area contributed by atoms with Crippen molar-refractivity contribution in [1.82, 2.24) is 10.6 Å². The summed E-state index contributed by atoms with van der Waals surface area (Å²) < 4.78 is 0. The van der Waals surface area contributed by atoms with Gasteiger partial charge in [0.1, 0.15) is 11.6 Å². The number of nitrogens with one attached hydrogen (secondary N) is 2. The molecule has 0 aromatic heterocycles. The molecule has 1 amide bonds. The van der Waals surface area contributed by atoms with Crippen molar-refractivity contribution in [2.24, 2.45) is 17.8 Å². The normalized spacial score (nSPS) is 26.1. The van der Waals surface area contributed by atoms with Crippen LogP contribution in [0, 0.1) is 29.1 Å². The summed E-state index contributed by atoms with van der Waals surface area (Å²) in [5.74, 6) is 1.16. The van der Waals surface area contributed by atoms with Crippen LogP contribution in [0.15, 0.2) is 11.8 Å². The second kappa shape index (κ2) is 9.45. The number of amides is 1. The van der Waals surface area contributed by atoms with E-state index in [1.54, 1.807) is 6.20 Å². The van der Waals surface area contributed by atoms with Gasteiger partial charge in [0.2, 0.25) is 0 Å². The Kier molecular flexibility index (Phi) is 7.30. The maximum absolute atomic E-state index is 12.0. The van der Waals surface area contributed by atoms with Crippen LogP contribution in [0.3, 0.4) is 0 Å². The van der Waals surface area contributed by atoms with E-state index < -0.39 is 5.97 Å². The van der Waals surface area contributed by atoms with E-state index >= 15 is 0 Å². The van der Waals surface area contributed by atoms with Crippen LogP contribution in [0.4, 0.5) is 0 Å². The minimum Gasteiger partial charge on any atom is -0.481 e. The number of nitrogens with zero attached hydrogens (tertiary/aromatic N) is 1. The van der Waals surface area contributed by atoms with Crippen LogP contribution in [-0.4, -0.2) is 29.6 Å². The van der Waals surface area contributed by atoms with Gasteiger partial charge in [-0.2, -0.15) is 5.26 Å². The molecule has 6 nitrogen and oxygen atoms in total. The van der Waals surface area contributed by atoms with Gasteiger partial charge in [-0.25, -0.2) is 0 Å². The third-order valence-electron chi connectivity index (χ3n) is 5.64. The largest absolute Gasteiger partial charge is 0.481 e. The van der Waals surface area contributed by atoms with E-state index in [9.17, 15) is 14.9 Å². The average Bonchev–Trinajstić information content (AvgIpc) is 3.21.